The molecular weight excluding hydrogens is 454 g/mol. The van der Waals surface area contributed by atoms with Crippen LogP contribution in [-0.4, -0.2) is 32.2 Å². The van der Waals surface area contributed by atoms with Gasteiger partial charge < -0.3 is 9.84 Å². The van der Waals surface area contributed by atoms with Crippen LogP contribution in [0.5, 0.6) is 5.75 Å². The summed E-state index contributed by atoms with van der Waals surface area (Å²) in [6.45, 7) is 4.22. The monoisotopic (exact) mass is 475 g/mol. The SMILES string of the molecule is CC(C)CC(C(=O)O)N1C(=O)C(=Cc2cccc(OCc3ccc(Cl)cc3)c2)SC1=S. The predicted molar refractivity (Wildman–Crippen MR) is 128 cm³/mol. The summed E-state index contributed by atoms with van der Waals surface area (Å²) >= 11 is 12.3. The topological polar surface area (TPSA) is 66.8 Å². The van der Waals surface area contributed by atoms with Crippen LogP contribution in [0, 0.1) is 5.92 Å². The van der Waals surface area contributed by atoms with Gasteiger partial charge in [0.2, 0.25) is 0 Å². The molecule has 0 aliphatic carbocycles. The number of hydrogen-bond acceptors (Lipinski definition) is 5. The van der Waals surface area contributed by atoms with E-state index in [0.29, 0.717) is 28.7 Å². The summed E-state index contributed by atoms with van der Waals surface area (Å²) < 4.78 is 6.10. The number of benzene rings is 2. The van der Waals surface area contributed by atoms with Crippen LogP contribution in [0.2, 0.25) is 5.02 Å². The number of carbonyl (C=O) groups excluding carboxylic acids is 1. The Hall–Kier alpha value is -2.35. The van der Waals surface area contributed by atoms with Crippen molar-refractivity contribution in [2.24, 2.45) is 5.92 Å². The Balaban J connectivity index is 1.74. The number of thioether (sulfide) groups is 1. The van der Waals surface area contributed by atoms with Gasteiger partial charge in [0.1, 0.15) is 22.7 Å². The van der Waals surface area contributed by atoms with E-state index in [1.54, 1.807) is 6.08 Å². The number of ether oxygens (including phenoxy) is 1. The van der Waals surface area contributed by atoms with Gasteiger partial charge in [0.25, 0.3) is 5.91 Å². The van der Waals surface area contributed by atoms with Crippen molar-refractivity contribution < 1.29 is 19.4 Å². The van der Waals surface area contributed by atoms with Crippen molar-refractivity contribution in [3.63, 3.8) is 0 Å². The first-order valence-electron chi connectivity index (χ1n) is 9.71. The zero-order valence-electron chi connectivity index (χ0n) is 17.1. The van der Waals surface area contributed by atoms with Gasteiger partial charge in [-0.2, -0.15) is 0 Å². The average Bonchev–Trinajstić information content (AvgIpc) is 2.98. The maximum atomic E-state index is 12.9. The van der Waals surface area contributed by atoms with E-state index >= 15 is 0 Å². The Morgan fingerprint density at radius 1 is 1.26 bits per heavy atom. The fourth-order valence-corrected chi connectivity index (χ4v) is 4.59. The first-order valence-corrected chi connectivity index (χ1v) is 11.3. The van der Waals surface area contributed by atoms with Gasteiger partial charge in [-0.3, -0.25) is 9.69 Å². The molecule has 5 nitrogen and oxygen atoms in total. The highest BCUT2D eigenvalue weighted by Gasteiger charge is 2.40. The van der Waals surface area contributed by atoms with Gasteiger partial charge in [0, 0.05) is 5.02 Å². The number of rotatable bonds is 8. The highest BCUT2D eigenvalue weighted by molar-refractivity contribution is 8.26. The number of hydrogen-bond donors (Lipinski definition) is 1. The number of thiocarbonyl (C=S) groups is 1. The molecule has 1 atom stereocenters. The molecule has 0 aromatic heterocycles. The molecule has 1 aliphatic heterocycles. The van der Waals surface area contributed by atoms with E-state index in [2.05, 4.69) is 0 Å². The molecule has 1 aliphatic rings. The lowest BCUT2D eigenvalue weighted by Crippen LogP contribution is -2.44. The lowest BCUT2D eigenvalue weighted by atomic mass is 10.0. The molecule has 2 aromatic rings. The molecule has 8 heteroatoms. The summed E-state index contributed by atoms with van der Waals surface area (Å²) in [6, 6.07) is 13.8. The molecule has 1 heterocycles. The quantitative estimate of drug-likeness (QED) is 0.395. The van der Waals surface area contributed by atoms with Crippen molar-refractivity contribution in [1.29, 1.82) is 0 Å². The molecule has 0 radical (unpaired) electrons. The van der Waals surface area contributed by atoms with Gasteiger partial charge in [0.05, 0.1) is 4.91 Å². The third-order valence-electron chi connectivity index (χ3n) is 4.59. The second-order valence-electron chi connectivity index (χ2n) is 7.52. The van der Waals surface area contributed by atoms with Gasteiger partial charge >= 0.3 is 5.97 Å². The molecule has 1 amide bonds. The number of aliphatic carboxylic acids is 1. The van der Waals surface area contributed by atoms with E-state index < -0.39 is 12.0 Å². The highest BCUT2D eigenvalue weighted by atomic mass is 35.5. The molecule has 0 spiro atoms. The fourth-order valence-electron chi connectivity index (χ4n) is 3.10. The summed E-state index contributed by atoms with van der Waals surface area (Å²) in [5.41, 5.74) is 1.75. The summed E-state index contributed by atoms with van der Waals surface area (Å²) in [5.74, 6) is -0.661. The van der Waals surface area contributed by atoms with E-state index in [4.69, 9.17) is 28.6 Å². The summed E-state index contributed by atoms with van der Waals surface area (Å²) in [5, 5.41) is 10.3. The highest BCUT2D eigenvalue weighted by Crippen LogP contribution is 2.35. The minimum atomic E-state index is -1.05. The second kappa shape index (κ2) is 10.3. The van der Waals surface area contributed by atoms with Crippen LogP contribution in [0.3, 0.4) is 0 Å². The van der Waals surface area contributed by atoms with E-state index in [1.807, 2.05) is 62.4 Å². The van der Waals surface area contributed by atoms with Gasteiger partial charge in [-0.25, -0.2) is 4.79 Å². The first kappa shape index (κ1) is 23.3. The number of carbonyl (C=O) groups is 2. The maximum Gasteiger partial charge on any atom is 0.326 e. The molecule has 1 saturated heterocycles. The number of carboxylic acid groups (broad SMARTS) is 1. The van der Waals surface area contributed by atoms with Gasteiger partial charge in [-0.05, 0) is 53.8 Å². The molecule has 162 valence electrons. The molecule has 0 bridgehead atoms. The summed E-state index contributed by atoms with van der Waals surface area (Å²) in [6.07, 6.45) is 2.05. The minimum absolute atomic E-state index is 0.115. The molecule has 1 N–H and O–H groups in total. The van der Waals surface area contributed by atoms with Crippen LogP contribution in [0.15, 0.2) is 53.4 Å². The Labute approximate surface area is 196 Å². The van der Waals surface area contributed by atoms with E-state index in [-0.39, 0.29) is 16.1 Å². The van der Waals surface area contributed by atoms with Crippen molar-refractivity contribution in [3.8, 4) is 5.75 Å². The van der Waals surface area contributed by atoms with Gasteiger partial charge in [0.15, 0.2) is 0 Å². The zero-order valence-corrected chi connectivity index (χ0v) is 19.5. The van der Waals surface area contributed by atoms with Gasteiger partial charge in [-0.15, -0.1) is 0 Å². The van der Waals surface area contributed by atoms with Crippen molar-refractivity contribution in [1.82, 2.24) is 4.90 Å². The number of halogens is 1. The lowest BCUT2D eigenvalue weighted by molar-refractivity contribution is -0.145. The van der Waals surface area contributed by atoms with E-state index in [0.717, 1.165) is 22.9 Å². The summed E-state index contributed by atoms with van der Waals surface area (Å²) in [4.78, 5) is 26.3. The van der Waals surface area contributed by atoms with E-state index in [1.165, 1.54) is 4.90 Å². The van der Waals surface area contributed by atoms with Crippen LogP contribution < -0.4 is 4.74 Å². The Bertz CT molecular complexity index is 1020. The number of carboxylic acids is 1. The van der Waals surface area contributed by atoms with Crippen molar-refractivity contribution in [3.05, 3.63) is 69.6 Å². The van der Waals surface area contributed by atoms with Crippen LogP contribution in [-0.2, 0) is 16.2 Å². The standard InChI is InChI=1S/C23H22ClNO4S2/c1-14(2)10-19(22(27)28)25-21(26)20(31-23(25)30)12-16-4-3-5-18(11-16)29-13-15-6-8-17(24)9-7-15/h3-9,11-12,14,19H,10,13H2,1-2H3,(H,27,28). The Kier molecular flexibility index (Phi) is 7.75. The van der Waals surface area contributed by atoms with Gasteiger partial charge in [-0.1, -0.05) is 73.7 Å². The molecule has 1 unspecified atom stereocenters. The minimum Gasteiger partial charge on any atom is -0.489 e. The largest absolute Gasteiger partial charge is 0.489 e. The third-order valence-corrected chi connectivity index (χ3v) is 6.17. The van der Waals surface area contributed by atoms with Crippen LogP contribution in [0.4, 0.5) is 0 Å². The predicted octanol–water partition coefficient (Wildman–Crippen LogP) is 5.62. The molecule has 1 fully saturated rings. The fraction of sp³-hybridized carbons (Fsp3) is 0.261. The summed E-state index contributed by atoms with van der Waals surface area (Å²) in [7, 11) is 0. The molecule has 0 saturated carbocycles. The second-order valence-corrected chi connectivity index (χ2v) is 9.64. The number of amides is 1. The van der Waals surface area contributed by atoms with E-state index in [9.17, 15) is 14.7 Å². The first-order chi connectivity index (χ1) is 14.7. The third kappa shape index (κ3) is 6.09. The van der Waals surface area contributed by atoms with Crippen molar-refractivity contribution in [2.75, 3.05) is 0 Å². The normalized spacial score (nSPS) is 16.3. The Morgan fingerprint density at radius 2 is 1.97 bits per heavy atom. The van der Waals surface area contributed by atoms with Crippen LogP contribution >= 0.6 is 35.6 Å². The molecule has 3 rings (SSSR count). The van der Waals surface area contributed by atoms with Crippen LogP contribution in [0.1, 0.15) is 31.4 Å². The smallest absolute Gasteiger partial charge is 0.326 e. The molecular formula is C23H22ClNO4S2. The molecule has 31 heavy (non-hydrogen) atoms. The molecule has 2 aromatic carbocycles. The van der Waals surface area contributed by atoms with Crippen molar-refractivity contribution in [2.45, 2.75) is 32.9 Å². The van der Waals surface area contributed by atoms with Crippen molar-refractivity contribution >= 4 is 57.9 Å². The average molecular weight is 476 g/mol. The Morgan fingerprint density at radius 3 is 2.61 bits per heavy atom. The number of nitrogens with zero attached hydrogens (tertiary/aromatic N) is 1. The zero-order chi connectivity index (χ0) is 22.5. The lowest BCUT2D eigenvalue weighted by Gasteiger charge is -2.24. The van der Waals surface area contributed by atoms with Crippen LogP contribution in [0.25, 0.3) is 6.08 Å². The maximum absolute atomic E-state index is 12.9.